The van der Waals surface area contributed by atoms with Crippen LogP contribution in [0.15, 0.2) is 65.8 Å². The Balaban J connectivity index is 1.41. The van der Waals surface area contributed by atoms with E-state index in [0.717, 1.165) is 16.9 Å². The molecule has 0 unspecified atom stereocenters. The van der Waals surface area contributed by atoms with Gasteiger partial charge in [0.25, 0.3) is 5.91 Å². The molecule has 0 saturated carbocycles. The molecule has 4 aromatic rings. The summed E-state index contributed by atoms with van der Waals surface area (Å²) in [4.78, 5) is 20.7. The zero-order valence-electron chi connectivity index (χ0n) is 13.8. The van der Waals surface area contributed by atoms with E-state index >= 15 is 0 Å². The number of carbonyl (C=O) groups excluding carboxylic acids is 1. The average Bonchev–Trinajstić information content (AvgIpc) is 3.34. The Hall–Kier alpha value is -3.68. The Labute approximate surface area is 148 Å². The summed E-state index contributed by atoms with van der Waals surface area (Å²) in [6.07, 6.45) is 8.51. The van der Waals surface area contributed by atoms with Crippen molar-refractivity contribution < 1.29 is 9.21 Å². The molecule has 0 aliphatic rings. The first-order valence-electron chi connectivity index (χ1n) is 8.07. The van der Waals surface area contributed by atoms with E-state index < -0.39 is 0 Å². The number of aromatic nitrogens is 4. The zero-order valence-corrected chi connectivity index (χ0v) is 13.8. The van der Waals surface area contributed by atoms with Gasteiger partial charge in [-0.25, -0.2) is 9.50 Å². The molecule has 0 aliphatic carbocycles. The number of carbonyl (C=O) groups is 1. The quantitative estimate of drug-likeness (QED) is 0.555. The van der Waals surface area contributed by atoms with Gasteiger partial charge in [0.1, 0.15) is 11.5 Å². The topological polar surface area (TPSA) is 97.3 Å². The second-order valence-electron chi connectivity index (χ2n) is 5.60. The Morgan fingerprint density at radius 1 is 1.15 bits per heavy atom. The molecule has 2 N–H and O–H groups in total. The van der Waals surface area contributed by atoms with Crippen LogP contribution in [0, 0.1) is 0 Å². The van der Waals surface area contributed by atoms with Crippen molar-refractivity contribution in [2.45, 2.75) is 13.1 Å². The SMILES string of the molecule is O=C(NCc1ccco1)c1cc(NCc2cnn3cccnc23)ccn1. The molecule has 0 atom stereocenters. The summed E-state index contributed by atoms with van der Waals surface area (Å²) in [6, 6.07) is 8.92. The summed E-state index contributed by atoms with van der Waals surface area (Å²) in [5, 5.41) is 10.3. The second kappa shape index (κ2) is 7.06. The van der Waals surface area contributed by atoms with Crippen LogP contribution in [0.1, 0.15) is 21.8 Å². The van der Waals surface area contributed by atoms with Gasteiger partial charge in [0.2, 0.25) is 0 Å². The number of amides is 1. The monoisotopic (exact) mass is 348 g/mol. The highest BCUT2D eigenvalue weighted by atomic mass is 16.3. The number of anilines is 1. The smallest absolute Gasteiger partial charge is 0.270 e. The average molecular weight is 348 g/mol. The molecule has 130 valence electrons. The van der Waals surface area contributed by atoms with Crippen LogP contribution in [0.4, 0.5) is 5.69 Å². The molecule has 8 heteroatoms. The first kappa shape index (κ1) is 15.8. The van der Waals surface area contributed by atoms with Gasteiger partial charge in [0.05, 0.1) is 19.0 Å². The van der Waals surface area contributed by atoms with Crippen molar-refractivity contribution in [3.8, 4) is 0 Å². The molecule has 4 rings (SSSR count). The lowest BCUT2D eigenvalue weighted by Crippen LogP contribution is -2.23. The number of pyridine rings is 1. The van der Waals surface area contributed by atoms with Gasteiger partial charge in [-0.05, 0) is 30.3 Å². The second-order valence-corrected chi connectivity index (χ2v) is 5.60. The Morgan fingerprint density at radius 3 is 3.00 bits per heavy atom. The molecule has 26 heavy (non-hydrogen) atoms. The van der Waals surface area contributed by atoms with Gasteiger partial charge in [-0.1, -0.05) is 0 Å². The maximum Gasteiger partial charge on any atom is 0.270 e. The van der Waals surface area contributed by atoms with Gasteiger partial charge >= 0.3 is 0 Å². The van der Waals surface area contributed by atoms with Crippen molar-refractivity contribution in [3.63, 3.8) is 0 Å². The van der Waals surface area contributed by atoms with Crippen molar-refractivity contribution in [2.75, 3.05) is 5.32 Å². The summed E-state index contributed by atoms with van der Waals surface area (Å²) < 4.78 is 6.92. The summed E-state index contributed by atoms with van der Waals surface area (Å²) in [7, 11) is 0. The molecule has 8 nitrogen and oxygen atoms in total. The number of nitrogens with one attached hydrogen (secondary N) is 2. The van der Waals surface area contributed by atoms with Crippen molar-refractivity contribution in [1.29, 1.82) is 0 Å². The summed E-state index contributed by atoms with van der Waals surface area (Å²) in [5.41, 5.74) is 2.88. The zero-order chi connectivity index (χ0) is 17.8. The molecule has 4 heterocycles. The summed E-state index contributed by atoms with van der Waals surface area (Å²) >= 11 is 0. The Kier molecular flexibility index (Phi) is 4.29. The Morgan fingerprint density at radius 2 is 2.12 bits per heavy atom. The lowest BCUT2D eigenvalue weighted by Gasteiger charge is -2.07. The molecule has 0 radical (unpaired) electrons. The Bertz CT molecular complexity index is 1030. The lowest BCUT2D eigenvalue weighted by molar-refractivity contribution is 0.0943. The van der Waals surface area contributed by atoms with E-state index in [2.05, 4.69) is 25.7 Å². The van der Waals surface area contributed by atoms with Gasteiger partial charge in [-0.2, -0.15) is 5.10 Å². The van der Waals surface area contributed by atoms with Crippen LogP contribution < -0.4 is 10.6 Å². The van der Waals surface area contributed by atoms with E-state index in [9.17, 15) is 4.79 Å². The highest BCUT2D eigenvalue weighted by Gasteiger charge is 2.09. The van der Waals surface area contributed by atoms with Gasteiger partial charge in [-0.3, -0.25) is 9.78 Å². The first-order valence-corrected chi connectivity index (χ1v) is 8.07. The fraction of sp³-hybridized carbons (Fsp3) is 0.111. The normalized spacial score (nSPS) is 10.8. The molecule has 4 aromatic heterocycles. The van der Waals surface area contributed by atoms with Crippen molar-refractivity contribution in [3.05, 3.63) is 78.4 Å². The maximum atomic E-state index is 12.2. The van der Waals surface area contributed by atoms with Crippen LogP contribution >= 0.6 is 0 Å². The van der Waals surface area contributed by atoms with Gasteiger partial charge in [-0.15, -0.1) is 0 Å². The minimum absolute atomic E-state index is 0.261. The highest BCUT2D eigenvalue weighted by Crippen LogP contribution is 2.13. The van der Waals surface area contributed by atoms with E-state index in [1.807, 2.05) is 18.3 Å². The first-order chi connectivity index (χ1) is 12.8. The van der Waals surface area contributed by atoms with E-state index in [1.165, 1.54) is 0 Å². The van der Waals surface area contributed by atoms with E-state index in [0.29, 0.717) is 24.5 Å². The van der Waals surface area contributed by atoms with Gasteiger partial charge in [0.15, 0.2) is 5.65 Å². The summed E-state index contributed by atoms with van der Waals surface area (Å²) in [5.74, 6) is 0.427. The van der Waals surface area contributed by atoms with Gasteiger partial charge in [0, 0.05) is 36.4 Å². The molecule has 0 fully saturated rings. The molecular formula is C18H16N6O2. The maximum absolute atomic E-state index is 12.2. The van der Waals surface area contributed by atoms with Crippen LogP contribution in [0.3, 0.4) is 0 Å². The van der Waals surface area contributed by atoms with E-state index in [-0.39, 0.29) is 5.91 Å². The number of hydrogen-bond acceptors (Lipinski definition) is 6. The molecule has 0 bridgehead atoms. The molecule has 1 amide bonds. The third kappa shape index (κ3) is 3.39. The van der Waals surface area contributed by atoms with Crippen LogP contribution in [0.5, 0.6) is 0 Å². The standard InChI is InChI=1S/C18H16N6O2/c25-18(22-12-15-3-1-8-26-15)16-9-14(4-6-19-16)21-10-13-11-23-24-7-2-5-20-17(13)24/h1-9,11H,10,12H2,(H,19,21)(H,22,25). The number of hydrogen-bond donors (Lipinski definition) is 2. The van der Waals surface area contributed by atoms with E-state index in [4.69, 9.17) is 4.42 Å². The minimum atomic E-state index is -0.261. The number of rotatable bonds is 6. The molecule has 0 aliphatic heterocycles. The number of nitrogens with zero attached hydrogens (tertiary/aromatic N) is 4. The van der Waals surface area contributed by atoms with Gasteiger partial charge < -0.3 is 15.1 Å². The van der Waals surface area contributed by atoms with Crippen LogP contribution in [-0.4, -0.2) is 25.5 Å². The van der Waals surface area contributed by atoms with Crippen LogP contribution in [-0.2, 0) is 13.1 Å². The van der Waals surface area contributed by atoms with Crippen LogP contribution in [0.25, 0.3) is 5.65 Å². The van der Waals surface area contributed by atoms with Crippen molar-refractivity contribution in [1.82, 2.24) is 24.9 Å². The number of furan rings is 1. The van der Waals surface area contributed by atoms with E-state index in [1.54, 1.807) is 47.6 Å². The van der Waals surface area contributed by atoms with Crippen molar-refractivity contribution in [2.24, 2.45) is 0 Å². The largest absolute Gasteiger partial charge is 0.467 e. The van der Waals surface area contributed by atoms with Crippen molar-refractivity contribution >= 4 is 17.2 Å². The fourth-order valence-electron chi connectivity index (χ4n) is 2.53. The molecule has 0 aromatic carbocycles. The fourth-order valence-corrected chi connectivity index (χ4v) is 2.53. The minimum Gasteiger partial charge on any atom is -0.467 e. The predicted molar refractivity (Wildman–Crippen MR) is 94.4 cm³/mol. The van der Waals surface area contributed by atoms with Crippen LogP contribution in [0.2, 0.25) is 0 Å². The summed E-state index contributed by atoms with van der Waals surface area (Å²) in [6.45, 7) is 0.858. The molecule has 0 saturated heterocycles. The molecule has 0 spiro atoms. The highest BCUT2D eigenvalue weighted by molar-refractivity contribution is 5.93. The lowest BCUT2D eigenvalue weighted by atomic mass is 10.2. The molecular weight excluding hydrogens is 332 g/mol. The number of fused-ring (bicyclic) bond motifs is 1. The third-order valence-corrected chi connectivity index (χ3v) is 3.83. The predicted octanol–water partition coefficient (Wildman–Crippen LogP) is 2.26. The third-order valence-electron chi connectivity index (χ3n) is 3.83.